The molecule has 4 N–H and O–H groups in total. The summed E-state index contributed by atoms with van der Waals surface area (Å²) in [4.78, 5) is 13.8. The minimum absolute atomic E-state index is 0.126. The Hall–Kier alpha value is -1.52. The summed E-state index contributed by atoms with van der Waals surface area (Å²) >= 11 is 5.89. The van der Waals surface area contributed by atoms with Crippen LogP contribution in [0.5, 0.6) is 0 Å². The molecule has 1 aromatic heterocycles. The summed E-state index contributed by atoms with van der Waals surface area (Å²) in [5, 5.41) is 12.4. The molecular formula is C11H11ClN2O2. The maximum Gasteiger partial charge on any atom is 0.0881 e. The fraction of sp³-hybridized carbons (Fsp3) is 0.182. The molecule has 0 radical (unpaired) electrons. The van der Waals surface area contributed by atoms with Gasteiger partial charge in [0.15, 0.2) is 0 Å². The third-order valence-electron chi connectivity index (χ3n) is 2.50. The van der Waals surface area contributed by atoms with Crippen molar-refractivity contribution in [1.82, 2.24) is 4.98 Å². The van der Waals surface area contributed by atoms with Gasteiger partial charge in [-0.3, -0.25) is 0 Å². The summed E-state index contributed by atoms with van der Waals surface area (Å²) < 4.78 is 0. The molecule has 16 heavy (non-hydrogen) atoms. The highest BCUT2D eigenvalue weighted by molar-refractivity contribution is 6.31. The first-order valence-corrected chi connectivity index (χ1v) is 5.32. The zero-order chi connectivity index (χ0) is 11.7. The lowest BCUT2D eigenvalue weighted by Crippen LogP contribution is -2.51. The topological polar surface area (TPSA) is 83.6 Å². The van der Waals surface area contributed by atoms with Gasteiger partial charge in [-0.1, -0.05) is 11.6 Å². The molecule has 84 valence electrons. The van der Waals surface area contributed by atoms with Crippen molar-refractivity contribution in [3.05, 3.63) is 34.5 Å². The first-order valence-electron chi connectivity index (χ1n) is 4.94. The number of aromatic carboxylic acids is 1. The maximum atomic E-state index is 11.0. The fourth-order valence-electron chi connectivity index (χ4n) is 1.83. The summed E-state index contributed by atoms with van der Waals surface area (Å²) in [6, 6.07) is 5.23. The molecule has 0 saturated heterocycles. The number of quaternary nitrogens is 1. The Morgan fingerprint density at radius 1 is 1.50 bits per heavy atom. The standard InChI is InChI=1S/C11H11ClN2O2/c12-6-1-2-9-8(5-6)7(3-4-13)10(14-9)11(15)16/h1-2,5,14H,3-4,13H2,(H,15,16). The number of nitrogens with one attached hydrogen (secondary N) is 1. The SMILES string of the molecule is [NH3+]CCc1c(C(=O)[O-])[nH]c2ccc(Cl)cc12. The minimum Gasteiger partial charge on any atom is -0.543 e. The van der Waals surface area contributed by atoms with Crippen molar-refractivity contribution in [2.45, 2.75) is 6.42 Å². The molecule has 2 rings (SSSR count). The lowest BCUT2D eigenvalue weighted by Gasteiger charge is -2.02. The smallest absolute Gasteiger partial charge is 0.0881 e. The maximum absolute atomic E-state index is 11.0. The monoisotopic (exact) mass is 238 g/mol. The summed E-state index contributed by atoms with van der Waals surface area (Å²) in [5.41, 5.74) is 5.33. The van der Waals surface area contributed by atoms with Crippen molar-refractivity contribution in [2.75, 3.05) is 6.54 Å². The van der Waals surface area contributed by atoms with Crippen molar-refractivity contribution in [2.24, 2.45) is 0 Å². The van der Waals surface area contributed by atoms with Crippen LogP contribution in [0, 0.1) is 0 Å². The van der Waals surface area contributed by atoms with Crippen LogP contribution in [0.1, 0.15) is 16.1 Å². The Morgan fingerprint density at radius 3 is 2.88 bits per heavy atom. The number of carbonyl (C=O) groups is 1. The Balaban J connectivity index is 2.71. The van der Waals surface area contributed by atoms with E-state index in [1.165, 1.54) is 0 Å². The van der Waals surface area contributed by atoms with E-state index in [1.54, 1.807) is 18.2 Å². The summed E-state index contributed by atoms with van der Waals surface area (Å²) in [5.74, 6) is -1.20. The summed E-state index contributed by atoms with van der Waals surface area (Å²) in [6.45, 7) is 0.625. The van der Waals surface area contributed by atoms with Gasteiger partial charge in [-0.15, -0.1) is 0 Å². The lowest BCUT2D eigenvalue weighted by atomic mass is 10.1. The Morgan fingerprint density at radius 2 is 2.25 bits per heavy atom. The molecular weight excluding hydrogens is 228 g/mol. The van der Waals surface area contributed by atoms with Gasteiger partial charge in [0.2, 0.25) is 0 Å². The second kappa shape index (κ2) is 4.15. The molecule has 0 amide bonds. The second-order valence-electron chi connectivity index (χ2n) is 3.56. The molecule has 0 unspecified atom stereocenters. The number of halogens is 1. The van der Waals surface area contributed by atoms with Crippen LogP contribution in [0.4, 0.5) is 0 Å². The summed E-state index contributed by atoms with van der Waals surface area (Å²) in [6.07, 6.45) is 0.587. The second-order valence-corrected chi connectivity index (χ2v) is 4.00. The Labute approximate surface area is 97.0 Å². The van der Waals surface area contributed by atoms with Crippen LogP contribution in [0.25, 0.3) is 10.9 Å². The molecule has 2 aromatic rings. The molecule has 0 spiro atoms. The van der Waals surface area contributed by atoms with Gasteiger partial charge >= 0.3 is 0 Å². The van der Waals surface area contributed by atoms with Gasteiger partial charge in [-0.2, -0.15) is 0 Å². The van der Waals surface area contributed by atoms with Crippen molar-refractivity contribution in [3.63, 3.8) is 0 Å². The molecule has 4 nitrogen and oxygen atoms in total. The molecule has 1 heterocycles. The largest absolute Gasteiger partial charge is 0.543 e. The van der Waals surface area contributed by atoms with Crippen LogP contribution in [-0.2, 0) is 6.42 Å². The number of fused-ring (bicyclic) bond motifs is 1. The van der Waals surface area contributed by atoms with Gasteiger partial charge in [0, 0.05) is 22.3 Å². The van der Waals surface area contributed by atoms with Crippen LogP contribution in [0.15, 0.2) is 18.2 Å². The normalized spacial score (nSPS) is 10.9. The number of rotatable bonds is 3. The first-order chi connectivity index (χ1) is 7.63. The highest BCUT2D eigenvalue weighted by atomic mass is 35.5. The van der Waals surface area contributed by atoms with Crippen molar-refractivity contribution < 1.29 is 15.6 Å². The molecule has 0 aliphatic carbocycles. The van der Waals surface area contributed by atoms with E-state index in [2.05, 4.69) is 10.7 Å². The fourth-order valence-corrected chi connectivity index (χ4v) is 2.00. The molecule has 0 saturated carbocycles. The zero-order valence-corrected chi connectivity index (χ0v) is 9.30. The van der Waals surface area contributed by atoms with E-state index in [0.717, 1.165) is 10.9 Å². The van der Waals surface area contributed by atoms with Crippen LogP contribution < -0.4 is 10.8 Å². The number of H-pyrrole nitrogens is 1. The third-order valence-corrected chi connectivity index (χ3v) is 2.73. The highest BCUT2D eigenvalue weighted by Crippen LogP contribution is 2.25. The zero-order valence-electron chi connectivity index (χ0n) is 8.55. The molecule has 5 heteroatoms. The molecule has 0 bridgehead atoms. The minimum atomic E-state index is -1.20. The van der Waals surface area contributed by atoms with Crippen LogP contribution in [0.3, 0.4) is 0 Å². The van der Waals surface area contributed by atoms with E-state index < -0.39 is 5.97 Å². The molecule has 0 aliphatic rings. The molecule has 0 aliphatic heterocycles. The van der Waals surface area contributed by atoms with Gasteiger partial charge in [-0.25, -0.2) is 0 Å². The predicted molar refractivity (Wildman–Crippen MR) is 59.1 cm³/mol. The predicted octanol–water partition coefficient (Wildman–Crippen LogP) is -0.0308. The Kier molecular flexibility index (Phi) is 2.85. The van der Waals surface area contributed by atoms with Crippen LogP contribution >= 0.6 is 11.6 Å². The number of carboxylic acid groups (broad SMARTS) is 1. The van der Waals surface area contributed by atoms with Gasteiger partial charge < -0.3 is 20.6 Å². The van der Waals surface area contributed by atoms with E-state index in [1.807, 2.05) is 0 Å². The highest BCUT2D eigenvalue weighted by Gasteiger charge is 2.12. The Bertz CT molecular complexity index is 548. The van der Waals surface area contributed by atoms with Crippen molar-refractivity contribution in [3.8, 4) is 0 Å². The quantitative estimate of drug-likeness (QED) is 0.787. The van der Waals surface area contributed by atoms with Gasteiger partial charge in [0.1, 0.15) is 0 Å². The van der Waals surface area contributed by atoms with E-state index in [0.29, 0.717) is 23.6 Å². The average Bonchev–Trinajstić information content (AvgIpc) is 2.58. The third kappa shape index (κ3) is 1.77. The lowest BCUT2D eigenvalue weighted by molar-refractivity contribution is -0.366. The molecule has 1 aromatic carbocycles. The van der Waals surface area contributed by atoms with Crippen LogP contribution in [0.2, 0.25) is 5.02 Å². The van der Waals surface area contributed by atoms with Gasteiger partial charge in [0.05, 0.1) is 18.2 Å². The van der Waals surface area contributed by atoms with Crippen molar-refractivity contribution >= 4 is 28.5 Å². The number of benzene rings is 1. The summed E-state index contributed by atoms with van der Waals surface area (Å²) in [7, 11) is 0. The van der Waals surface area contributed by atoms with E-state index in [4.69, 9.17) is 11.6 Å². The van der Waals surface area contributed by atoms with Gasteiger partial charge in [-0.05, 0) is 23.8 Å². The van der Waals surface area contributed by atoms with E-state index in [9.17, 15) is 9.90 Å². The van der Waals surface area contributed by atoms with E-state index >= 15 is 0 Å². The van der Waals surface area contributed by atoms with Crippen LogP contribution in [-0.4, -0.2) is 17.5 Å². The number of carbonyl (C=O) groups excluding carboxylic acids is 1. The molecule has 0 fully saturated rings. The number of hydrogen-bond acceptors (Lipinski definition) is 2. The number of hydrogen-bond donors (Lipinski definition) is 2. The van der Waals surface area contributed by atoms with Gasteiger partial charge in [0.25, 0.3) is 0 Å². The first kappa shape index (κ1) is 11.0. The molecule has 0 atom stereocenters. The number of aromatic amines is 1. The number of aromatic nitrogens is 1. The van der Waals surface area contributed by atoms with E-state index in [-0.39, 0.29) is 5.69 Å². The average molecular weight is 239 g/mol. The number of carboxylic acids is 1. The van der Waals surface area contributed by atoms with Crippen molar-refractivity contribution in [1.29, 1.82) is 0 Å².